The molecule has 2 heterocycles. The van der Waals surface area contributed by atoms with Crippen molar-refractivity contribution in [2.24, 2.45) is 0 Å². The molecule has 2 saturated heterocycles. The normalized spacial score (nSPS) is 19.9. The van der Waals surface area contributed by atoms with E-state index in [-0.39, 0.29) is 17.9 Å². The van der Waals surface area contributed by atoms with Crippen LogP contribution in [0.15, 0.2) is 54.6 Å². The van der Waals surface area contributed by atoms with Gasteiger partial charge in [0.05, 0.1) is 17.8 Å². The number of carbonyl (C=O) groups excluding carboxylic acids is 2. The van der Waals surface area contributed by atoms with E-state index in [1.807, 2.05) is 71.4 Å². The minimum atomic E-state index is 0.0377. The Morgan fingerprint density at radius 2 is 1.83 bits per heavy atom. The van der Waals surface area contributed by atoms with Gasteiger partial charge in [0.1, 0.15) is 0 Å². The average molecular weight is 393 g/mol. The minimum Gasteiger partial charge on any atom is -0.344 e. The predicted molar refractivity (Wildman–Crippen MR) is 114 cm³/mol. The molecule has 4 rings (SSSR count). The molecule has 6 heteroatoms. The van der Waals surface area contributed by atoms with Crippen LogP contribution < -0.4 is 10.2 Å². The van der Waals surface area contributed by atoms with Crippen LogP contribution in [0.2, 0.25) is 0 Å². The summed E-state index contributed by atoms with van der Waals surface area (Å²) in [7, 11) is 1.99. The summed E-state index contributed by atoms with van der Waals surface area (Å²) in [5.74, 6) is 0.176. The lowest BCUT2D eigenvalue weighted by molar-refractivity contribution is -0.135. The van der Waals surface area contributed by atoms with Gasteiger partial charge in [-0.15, -0.1) is 0 Å². The van der Waals surface area contributed by atoms with Crippen LogP contribution in [0.5, 0.6) is 0 Å². The van der Waals surface area contributed by atoms with E-state index < -0.39 is 0 Å². The van der Waals surface area contributed by atoms with E-state index in [2.05, 4.69) is 10.2 Å². The van der Waals surface area contributed by atoms with E-state index in [0.717, 1.165) is 43.9 Å². The number of piperazine rings is 1. The van der Waals surface area contributed by atoms with Crippen LogP contribution in [-0.4, -0.2) is 67.4 Å². The highest BCUT2D eigenvalue weighted by atomic mass is 16.2. The van der Waals surface area contributed by atoms with Crippen LogP contribution in [0.25, 0.3) is 0 Å². The highest BCUT2D eigenvalue weighted by Crippen LogP contribution is 2.29. The number of amides is 2. The molecule has 0 radical (unpaired) electrons. The second-order valence-electron chi connectivity index (χ2n) is 7.72. The summed E-state index contributed by atoms with van der Waals surface area (Å²) >= 11 is 0. The maximum absolute atomic E-state index is 13.4. The van der Waals surface area contributed by atoms with Crippen molar-refractivity contribution in [2.75, 3.05) is 44.7 Å². The fourth-order valence-corrected chi connectivity index (χ4v) is 4.31. The predicted octanol–water partition coefficient (Wildman–Crippen LogP) is 2.49. The summed E-state index contributed by atoms with van der Waals surface area (Å²) in [5.41, 5.74) is 2.63. The van der Waals surface area contributed by atoms with Gasteiger partial charge in [-0.25, -0.2) is 0 Å². The molecule has 0 aliphatic carbocycles. The standard InChI is InChI=1S/C23H28N4O2/c1-25(18-8-3-2-4-9-18)21-12-6-5-11-20(21)23(29)26-14-7-10-19(17-26)27-15-13-24-16-22(27)28/h2-6,8-9,11-12,19,24H,7,10,13-17H2,1H3. The van der Waals surface area contributed by atoms with Gasteiger partial charge < -0.3 is 20.0 Å². The lowest BCUT2D eigenvalue weighted by Crippen LogP contribution is -2.57. The van der Waals surface area contributed by atoms with Gasteiger partial charge >= 0.3 is 0 Å². The maximum atomic E-state index is 13.4. The number of hydrogen-bond acceptors (Lipinski definition) is 4. The number of nitrogens with one attached hydrogen (secondary N) is 1. The number of piperidine rings is 1. The highest BCUT2D eigenvalue weighted by molar-refractivity contribution is 6.00. The molecule has 1 atom stereocenters. The van der Waals surface area contributed by atoms with Crippen molar-refractivity contribution in [1.29, 1.82) is 0 Å². The summed E-state index contributed by atoms with van der Waals surface area (Å²) < 4.78 is 0. The lowest BCUT2D eigenvalue weighted by Gasteiger charge is -2.41. The molecule has 2 amide bonds. The van der Waals surface area contributed by atoms with Crippen molar-refractivity contribution in [3.63, 3.8) is 0 Å². The van der Waals surface area contributed by atoms with Crippen LogP contribution in [0.3, 0.4) is 0 Å². The van der Waals surface area contributed by atoms with E-state index >= 15 is 0 Å². The third kappa shape index (κ3) is 4.12. The molecule has 2 aliphatic rings. The van der Waals surface area contributed by atoms with Crippen molar-refractivity contribution >= 4 is 23.2 Å². The number of nitrogens with zero attached hydrogens (tertiary/aromatic N) is 3. The Labute approximate surface area is 172 Å². The van der Waals surface area contributed by atoms with Gasteiger partial charge in [0.25, 0.3) is 5.91 Å². The van der Waals surface area contributed by atoms with Crippen LogP contribution in [-0.2, 0) is 4.79 Å². The Morgan fingerprint density at radius 1 is 1.07 bits per heavy atom. The second kappa shape index (κ2) is 8.66. The Hall–Kier alpha value is -2.86. The first-order chi connectivity index (χ1) is 14.1. The molecule has 2 fully saturated rings. The Kier molecular flexibility index (Phi) is 5.81. The number of carbonyl (C=O) groups is 2. The quantitative estimate of drug-likeness (QED) is 0.869. The van der Waals surface area contributed by atoms with E-state index in [9.17, 15) is 9.59 Å². The van der Waals surface area contributed by atoms with Crippen LogP contribution in [0, 0.1) is 0 Å². The zero-order valence-electron chi connectivity index (χ0n) is 16.9. The van der Waals surface area contributed by atoms with Crippen LogP contribution in [0.1, 0.15) is 23.2 Å². The van der Waals surface area contributed by atoms with Crippen molar-refractivity contribution in [3.05, 3.63) is 60.2 Å². The van der Waals surface area contributed by atoms with E-state index in [0.29, 0.717) is 18.7 Å². The van der Waals surface area contributed by atoms with E-state index in [1.54, 1.807) is 0 Å². The summed E-state index contributed by atoms with van der Waals surface area (Å²) in [5, 5.41) is 3.12. The maximum Gasteiger partial charge on any atom is 0.256 e. The molecular formula is C23H28N4O2. The molecule has 2 aromatic rings. The monoisotopic (exact) mass is 392 g/mol. The summed E-state index contributed by atoms with van der Waals surface area (Å²) in [6.07, 6.45) is 1.88. The molecule has 0 saturated carbocycles. The van der Waals surface area contributed by atoms with Gasteiger partial charge in [-0.2, -0.15) is 0 Å². The smallest absolute Gasteiger partial charge is 0.256 e. The number of benzene rings is 2. The van der Waals surface area contributed by atoms with Crippen molar-refractivity contribution in [3.8, 4) is 0 Å². The first-order valence-corrected chi connectivity index (χ1v) is 10.3. The van der Waals surface area contributed by atoms with Crippen molar-refractivity contribution in [2.45, 2.75) is 18.9 Å². The van der Waals surface area contributed by atoms with Gasteiger partial charge in [0, 0.05) is 45.0 Å². The van der Waals surface area contributed by atoms with Crippen LogP contribution in [0.4, 0.5) is 11.4 Å². The average Bonchev–Trinajstić information content (AvgIpc) is 2.79. The first-order valence-electron chi connectivity index (χ1n) is 10.3. The molecule has 0 spiro atoms. The molecule has 1 N–H and O–H groups in total. The third-order valence-electron chi connectivity index (χ3n) is 5.89. The number of para-hydroxylation sites is 2. The van der Waals surface area contributed by atoms with Gasteiger partial charge in [-0.1, -0.05) is 30.3 Å². The molecule has 2 aromatic carbocycles. The zero-order chi connectivity index (χ0) is 20.2. The molecule has 6 nitrogen and oxygen atoms in total. The van der Waals surface area contributed by atoms with Crippen LogP contribution >= 0.6 is 0 Å². The molecule has 0 aromatic heterocycles. The summed E-state index contributed by atoms with van der Waals surface area (Å²) in [6, 6.07) is 17.9. The van der Waals surface area contributed by atoms with E-state index in [1.165, 1.54) is 0 Å². The number of rotatable bonds is 4. The molecule has 2 aliphatic heterocycles. The van der Waals surface area contributed by atoms with Gasteiger partial charge in [-0.3, -0.25) is 9.59 Å². The highest BCUT2D eigenvalue weighted by Gasteiger charge is 2.32. The molecule has 29 heavy (non-hydrogen) atoms. The summed E-state index contributed by atoms with van der Waals surface area (Å²) in [4.78, 5) is 31.7. The number of likely N-dealkylation sites (tertiary alicyclic amines) is 1. The summed E-state index contributed by atoms with van der Waals surface area (Å²) in [6.45, 7) is 3.28. The number of hydrogen-bond donors (Lipinski definition) is 1. The zero-order valence-corrected chi connectivity index (χ0v) is 16.9. The Morgan fingerprint density at radius 3 is 2.62 bits per heavy atom. The SMILES string of the molecule is CN(c1ccccc1)c1ccccc1C(=O)N1CCCC(N2CCNCC2=O)C1. The fraction of sp³-hybridized carbons (Fsp3) is 0.391. The Bertz CT molecular complexity index is 870. The molecule has 1 unspecified atom stereocenters. The molecule has 0 bridgehead atoms. The third-order valence-corrected chi connectivity index (χ3v) is 5.89. The Balaban J connectivity index is 1.54. The topological polar surface area (TPSA) is 55.9 Å². The van der Waals surface area contributed by atoms with Crippen molar-refractivity contribution in [1.82, 2.24) is 15.1 Å². The minimum absolute atomic E-state index is 0.0377. The first kappa shape index (κ1) is 19.5. The van der Waals surface area contributed by atoms with Gasteiger partial charge in [-0.05, 0) is 37.1 Å². The molecular weight excluding hydrogens is 364 g/mol. The van der Waals surface area contributed by atoms with Gasteiger partial charge in [0.2, 0.25) is 5.91 Å². The fourth-order valence-electron chi connectivity index (χ4n) is 4.31. The largest absolute Gasteiger partial charge is 0.344 e. The second-order valence-corrected chi connectivity index (χ2v) is 7.72. The molecule has 152 valence electrons. The van der Waals surface area contributed by atoms with E-state index in [4.69, 9.17) is 0 Å². The van der Waals surface area contributed by atoms with Gasteiger partial charge in [0.15, 0.2) is 0 Å². The lowest BCUT2D eigenvalue weighted by atomic mass is 10.0. The van der Waals surface area contributed by atoms with Crippen molar-refractivity contribution < 1.29 is 9.59 Å². The number of anilines is 2.